The Morgan fingerprint density at radius 3 is 2.78 bits per heavy atom. The summed E-state index contributed by atoms with van der Waals surface area (Å²) in [6.45, 7) is 4.16. The van der Waals surface area contributed by atoms with Crippen molar-refractivity contribution in [3.05, 3.63) is 35.9 Å². The molecule has 0 aliphatic carbocycles. The van der Waals surface area contributed by atoms with E-state index >= 15 is 0 Å². The third-order valence-corrected chi connectivity index (χ3v) is 3.33. The SMILES string of the molecule is CCOC(=O)CN1CC(N)C(c2ccccc2)C1. The van der Waals surface area contributed by atoms with E-state index in [-0.39, 0.29) is 12.0 Å². The van der Waals surface area contributed by atoms with Gasteiger partial charge in [0.15, 0.2) is 0 Å². The standard InChI is InChI=1S/C14H20N2O2/c1-2-18-14(17)10-16-8-12(13(15)9-16)11-6-4-3-5-7-11/h3-7,12-13H,2,8-10,15H2,1H3. The third kappa shape index (κ3) is 3.09. The second kappa shape index (κ2) is 5.98. The molecule has 0 bridgehead atoms. The van der Waals surface area contributed by atoms with E-state index in [4.69, 9.17) is 10.5 Å². The van der Waals surface area contributed by atoms with Crippen molar-refractivity contribution in [1.29, 1.82) is 0 Å². The second-order valence-electron chi connectivity index (χ2n) is 4.68. The Bertz CT molecular complexity index is 394. The van der Waals surface area contributed by atoms with E-state index in [9.17, 15) is 4.79 Å². The Kier molecular flexibility index (Phi) is 4.33. The minimum Gasteiger partial charge on any atom is -0.465 e. The zero-order valence-electron chi connectivity index (χ0n) is 10.7. The number of carbonyl (C=O) groups excluding carboxylic acids is 1. The number of esters is 1. The van der Waals surface area contributed by atoms with Crippen molar-refractivity contribution in [2.75, 3.05) is 26.2 Å². The lowest BCUT2D eigenvalue weighted by molar-refractivity contribution is -0.144. The lowest BCUT2D eigenvalue weighted by atomic mass is 9.95. The van der Waals surface area contributed by atoms with Crippen molar-refractivity contribution in [2.24, 2.45) is 5.73 Å². The molecule has 0 aromatic heterocycles. The number of benzene rings is 1. The molecule has 18 heavy (non-hydrogen) atoms. The predicted octanol–water partition coefficient (Wildman–Crippen LogP) is 0.976. The number of rotatable bonds is 4. The molecule has 2 unspecified atom stereocenters. The minimum atomic E-state index is -0.168. The maximum Gasteiger partial charge on any atom is 0.320 e. The summed E-state index contributed by atoms with van der Waals surface area (Å²) in [6, 6.07) is 10.3. The van der Waals surface area contributed by atoms with Crippen LogP contribution < -0.4 is 5.73 Å². The molecule has 0 radical (unpaired) electrons. The van der Waals surface area contributed by atoms with Crippen molar-refractivity contribution in [2.45, 2.75) is 18.9 Å². The van der Waals surface area contributed by atoms with Crippen LogP contribution in [0, 0.1) is 0 Å². The Morgan fingerprint density at radius 1 is 1.39 bits per heavy atom. The molecule has 4 heteroatoms. The Balaban J connectivity index is 1.95. The number of ether oxygens (including phenoxy) is 1. The van der Waals surface area contributed by atoms with E-state index in [0.717, 1.165) is 13.1 Å². The quantitative estimate of drug-likeness (QED) is 0.807. The fourth-order valence-corrected chi connectivity index (χ4v) is 2.48. The van der Waals surface area contributed by atoms with E-state index in [1.54, 1.807) is 0 Å². The van der Waals surface area contributed by atoms with E-state index in [2.05, 4.69) is 17.0 Å². The molecular formula is C14H20N2O2. The number of nitrogens with zero attached hydrogens (tertiary/aromatic N) is 1. The minimum absolute atomic E-state index is 0.0850. The van der Waals surface area contributed by atoms with Gasteiger partial charge in [0.1, 0.15) is 0 Å². The molecule has 4 nitrogen and oxygen atoms in total. The molecule has 2 atom stereocenters. The Labute approximate surface area is 108 Å². The van der Waals surface area contributed by atoms with Gasteiger partial charge in [-0.3, -0.25) is 9.69 Å². The summed E-state index contributed by atoms with van der Waals surface area (Å²) in [5, 5.41) is 0. The van der Waals surface area contributed by atoms with Gasteiger partial charge in [-0.2, -0.15) is 0 Å². The van der Waals surface area contributed by atoms with Gasteiger partial charge >= 0.3 is 5.97 Å². The molecule has 2 N–H and O–H groups in total. The molecule has 1 aliphatic heterocycles. The van der Waals surface area contributed by atoms with Crippen LogP contribution in [0.4, 0.5) is 0 Å². The molecule has 0 amide bonds. The second-order valence-corrected chi connectivity index (χ2v) is 4.68. The molecule has 1 aromatic rings. The topological polar surface area (TPSA) is 55.6 Å². The molecule has 1 saturated heterocycles. The maximum absolute atomic E-state index is 11.4. The van der Waals surface area contributed by atoms with Crippen molar-refractivity contribution in [1.82, 2.24) is 4.90 Å². The first-order chi connectivity index (χ1) is 8.70. The maximum atomic E-state index is 11.4. The van der Waals surface area contributed by atoms with Gasteiger partial charge in [0.05, 0.1) is 13.2 Å². The highest BCUT2D eigenvalue weighted by molar-refractivity contribution is 5.71. The van der Waals surface area contributed by atoms with E-state index < -0.39 is 0 Å². The monoisotopic (exact) mass is 248 g/mol. The molecule has 0 saturated carbocycles. The summed E-state index contributed by atoms with van der Waals surface area (Å²) in [5.41, 5.74) is 7.40. The highest BCUT2D eigenvalue weighted by Crippen LogP contribution is 2.25. The van der Waals surface area contributed by atoms with E-state index in [0.29, 0.717) is 19.1 Å². The first-order valence-electron chi connectivity index (χ1n) is 6.39. The first kappa shape index (κ1) is 13.1. The summed E-state index contributed by atoms with van der Waals surface area (Å²) in [5.74, 6) is 0.138. The lowest BCUT2D eigenvalue weighted by Crippen LogP contribution is -2.32. The highest BCUT2D eigenvalue weighted by atomic mass is 16.5. The van der Waals surface area contributed by atoms with Gasteiger partial charge in [-0.15, -0.1) is 0 Å². The molecular weight excluding hydrogens is 228 g/mol. The molecule has 0 spiro atoms. The highest BCUT2D eigenvalue weighted by Gasteiger charge is 2.32. The summed E-state index contributed by atoms with van der Waals surface area (Å²) in [7, 11) is 0. The number of carbonyl (C=O) groups is 1. The Hall–Kier alpha value is -1.39. The van der Waals surface area contributed by atoms with Gasteiger partial charge in [0.2, 0.25) is 0 Å². The summed E-state index contributed by atoms with van der Waals surface area (Å²) in [6.07, 6.45) is 0. The first-order valence-corrected chi connectivity index (χ1v) is 6.39. The smallest absolute Gasteiger partial charge is 0.320 e. The molecule has 1 aliphatic rings. The van der Waals surface area contributed by atoms with Crippen molar-refractivity contribution in [3.8, 4) is 0 Å². The van der Waals surface area contributed by atoms with Gasteiger partial charge in [-0.05, 0) is 12.5 Å². The fraction of sp³-hybridized carbons (Fsp3) is 0.500. The van der Waals surface area contributed by atoms with Crippen LogP contribution in [0.3, 0.4) is 0 Å². The number of likely N-dealkylation sites (tertiary alicyclic amines) is 1. The zero-order chi connectivity index (χ0) is 13.0. The van der Waals surface area contributed by atoms with Crippen LogP contribution in [-0.2, 0) is 9.53 Å². The number of hydrogen-bond donors (Lipinski definition) is 1. The Morgan fingerprint density at radius 2 is 2.11 bits per heavy atom. The van der Waals surface area contributed by atoms with Crippen molar-refractivity contribution < 1.29 is 9.53 Å². The van der Waals surface area contributed by atoms with Crippen molar-refractivity contribution in [3.63, 3.8) is 0 Å². The predicted molar refractivity (Wildman–Crippen MR) is 70.2 cm³/mol. The summed E-state index contributed by atoms with van der Waals surface area (Å²) >= 11 is 0. The number of nitrogens with two attached hydrogens (primary N) is 1. The van der Waals surface area contributed by atoms with Crippen LogP contribution in [0.2, 0.25) is 0 Å². The van der Waals surface area contributed by atoms with Crippen LogP contribution in [0.5, 0.6) is 0 Å². The van der Waals surface area contributed by atoms with Crippen LogP contribution in [0.25, 0.3) is 0 Å². The van der Waals surface area contributed by atoms with Gasteiger partial charge in [0, 0.05) is 25.0 Å². The normalized spacial score (nSPS) is 24.1. The average molecular weight is 248 g/mol. The van der Waals surface area contributed by atoms with Crippen LogP contribution in [-0.4, -0.2) is 43.2 Å². The van der Waals surface area contributed by atoms with Gasteiger partial charge < -0.3 is 10.5 Å². The van der Waals surface area contributed by atoms with Crippen LogP contribution in [0.1, 0.15) is 18.4 Å². The van der Waals surface area contributed by atoms with Crippen LogP contribution in [0.15, 0.2) is 30.3 Å². The zero-order valence-corrected chi connectivity index (χ0v) is 10.7. The summed E-state index contributed by atoms with van der Waals surface area (Å²) in [4.78, 5) is 13.5. The molecule has 1 fully saturated rings. The van der Waals surface area contributed by atoms with Crippen molar-refractivity contribution >= 4 is 5.97 Å². The van der Waals surface area contributed by atoms with E-state index in [1.807, 2.05) is 25.1 Å². The number of hydrogen-bond acceptors (Lipinski definition) is 4. The average Bonchev–Trinajstić information content (AvgIpc) is 2.71. The van der Waals surface area contributed by atoms with Crippen LogP contribution >= 0.6 is 0 Å². The van der Waals surface area contributed by atoms with Gasteiger partial charge in [-0.25, -0.2) is 0 Å². The van der Waals surface area contributed by atoms with E-state index in [1.165, 1.54) is 5.56 Å². The lowest BCUT2D eigenvalue weighted by Gasteiger charge is -2.15. The fourth-order valence-electron chi connectivity index (χ4n) is 2.48. The van der Waals surface area contributed by atoms with Gasteiger partial charge in [0.25, 0.3) is 0 Å². The summed E-state index contributed by atoms with van der Waals surface area (Å²) < 4.78 is 4.96. The molecule has 2 rings (SSSR count). The van der Waals surface area contributed by atoms with Gasteiger partial charge in [-0.1, -0.05) is 30.3 Å². The largest absolute Gasteiger partial charge is 0.465 e. The third-order valence-electron chi connectivity index (χ3n) is 3.33. The molecule has 1 aromatic carbocycles. The molecule has 1 heterocycles. The molecule has 98 valence electrons.